The number of nitrogens with two attached hydrogens (primary N) is 1. The molecular weight excluding hydrogens is 421 g/mol. The molecular formula is C18H17F3N6O2S. The number of hydrogen-bond donors (Lipinski definition) is 4. The topological polar surface area (TPSA) is 122 Å². The summed E-state index contributed by atoms with van der Waals surface area (Å²) in [5.41, 5.74) is 8.75. The smallest absolute Gasteiger partial charge is 0.393 e. The van der Waals surface area contributed by atoms with Crippen LogP contribution in [0.25, 0.3) is 0 Å². The number of nitrogens with zero attached hydrogens (tertiary/aromatic N) is 2. The number of aromatic nitrogens is 2. The van der Waals surface area contributed by atoms with Gasteiger partial charge in [0, 0.05) is 5.69 Å². The maximum Gasteiger partial charge on any atom is 0.416 e. The van der Waals surface area contributed by atoms with Gasteiger partial charge in [-0.05, 0) is 43.3 Å². The van der Waals surface area contributed by atoms with E-state index >= 15 is 0 Å². The first kappa shape index (κ1) is 21.3. The van der Waals surface area contributed by atoms with E-state index in [2.05, 4.69) is 25.5 Å². The Kier molecular flexibility index (Phi) is 5.80. The zero-order chi connectivity index (χ0) is 21.9. The van der Waals surface area contributed by atoms with Crippen molar-refractivity contribution < 1.29 is 21.6 Å². The second kappa shape index (κ2) is 8.16. The predicted molar refractivity (Wildman–Crippen MR) is 106 cm³/mol. The number of nitrogens with one attached hydrogen (secondary N) is 3. The highest BCUT2D eigenvalue weighted by atomic mass is 32.2. The van der Waals surface area contributed by atoms with Gasteiger partial charge >= 0.3 is 6.18 Å². The van der Waals surface area contributed by atoms with Gasteiger partial charge in [-0.1, -0.05) is 17.7 Å². The molecule has 0 atom stereocenters. The standard InChI is InChI=1S/C18H17F3N6O2S/c1-11-2-8-14(9-3-11)30(28,29)27-26-17-15(22)16(23-10-24-17)25-13-6-4-12(5-7-13)18(19,20)21/h2-10,27H,22H2,1H3,(H2,23,24,25,26). The number of anilines is 4. The van der Waals surface area contributed by atoms with Gasteiger partial charge in [0.25, 0.3) is 10.0 Å². The number of hydrogen-bond acceptors (Lipinski definition) is 7. The number of benzene rings is 2. The van der Waals surface area contributed by atoms with Crippen molar-refractivity contribution in [3.8, 4) is 0 Å². The second-order valence-corrected chi connectivity index (χ2v) is 7.91. The van der Waals surface area contributed by atoms with Crippen molar-refractivity contribution in [2.75, 3.05) is 16.5 Å². The Morgan fingerprint density at radius 2 is 1.53 bits per heavy atom. The summed E-state index contributed by atoms with van der Waals surface area (Å²) in [6, 6.07) is 10.5. The normalized spacial score (nSPS) is 11.9. The van der Waals surface area contributed by atoms with Crippen LogP contribution in [0.15, 0.2) is 59.8 Å². The van der Waals surface area contributed by atoms with Crippen molar-refractivity contribution >= 4 is 33.0 Å². The zero-order valence-corrected chi connectivity index (χ0v) is 16.3. The van der Waals surface area contributed by atoms with Gasteiger partial charge in [-0.25, -0.2) is 18.4 Å². The van der Waals surface area contributed by atoms with Crippen LogP contribution in [0, 0.1) is 6.92 Å². The molecule has 30 heavy (non-hydrogen) atoms. The minimum Gasteiger partial charge on any atom is -0.393 e. The predicted octanol–water partition coefficient (Wildman–Crippen LogP) is 3.44. The molecule has 3 aromatic rings. The van der Waals surface area contributed by atoms with E-state index in [0.717, 1.165) is 24.0 Å². The van der Waals surface area contributed by atoms with Gasteiger partial charge in [0.2, 0.25) is 0 Å². The molecule has 0 aliphatic heterocycles. The van der Waals surface area contributed by atoms with E-state index in [-0.39, 0.29) is 22.2 Å². The first-order valence-corrected chi connectivity index (χ1v) is 9.94. The van der Waals surface area contributed by atoms with Gasteiger partial charge < -0.3 is 11.1 Å². The van der Waals surface area contributed by atoms with E-state index in [4.69, 9.17) is 5.73 Å². The highest BCUT2D eigenvalue weighted by Gasteiger charge is 2.30. The summed E-state index contributed by atoms with van der Waals surface area (Å²) in [5, 5.41) is 2.77. The average molecular weight is 438 g/mol. The highest BCUT2D eigenvalue weighted by molar-refractivity contribution is 7.89. The summed E-state index contributed by atoms with van der Waals surface area (Å²) in [7, 11) is -3.89. The van der Waals surface area contributed by atoms with Crippen molar-refractivity contribution in [2.45, 2.75) is 18.0 Å². The van der Waals surface area contributed by atoms with E-state index in [1.165, 1.54) is 24.3 Å². The van der Waals surface area contributed by atoms with Crippen LogP contribution in [0.3, 0.4) is 0 Å². The Bertz CT molecular complexity index is 1130. The fourth-order valence-electron chi connectivity index (χ4n) is 2.37. The number of rotatable bonds is 6. The van der Waals surface area contributed by atoms with Gasteiger partial charge in [0.15, 0.2) is 11.6 Å². The summed E-state index contributed by atoms with van der Waals surface area (Å²) in [6.07, 6.45) is -3.33. The lowest BCUT2D eigenvalue weighted by atomic mass is 10.2. The van der Waals surface area contributed by atoms with Crippen molar-refractivity contribution in [1.82, 2.24) is 14.8 Å². The van der Waals surface area contributed by atoms with Gasteiger partial charge in [0.1, 0.15) is 12.0 Å². The van der Waals surface area contributed by atoms with Gasteiger partial charge in [-0.2, -0.15) is 13.2 Å². The number of nitrogen functional groups attached to an aromatic ring is 1. The van der Waals surface area contributed by atoms with E-state index in [9.17, 15) is 21.6 Å². The lowest BCUT2D eigenvalue weighted by molar-refractivity contribution is -0.137. The van der Waals surface area contributed by atoms with Crippen LogP contribution in [-0.2, 0) is 16.2 Å². The maximum absolute atomic E-state index is 12.7. The molecule has 0 unspecified atom stereocenters. The minimum atomic E-state index is -4.45. The van der Waals surface area contributed by atoms with Crippen molar-refractivity contribution in [1.29, 1.82) is 0 Å². The SMILES string of the molecule is Cc1ccc(S(=O)(=O)NNc2ncnc(Nc3ccc(C(F)(F)F)cc3)c2N)cc1. The molecule has 5 N–H and O–H groups in total. The molecule has 8 nitrogen and oxygen atoms in total. The molecule has 0 aliphatic carbocycles. The molecule has 0 radical (unpaired) electrons. The first-order valence-electron chi connectivity index (χ1n) is 8.45. The molecule has 12 heteroatoms. The van der Waals surface area contributed by atoms with Gasteiger partial charge in [0.05, 0.1) is 10.5 Å². The molecule has 3 rings (SSSR count). The quantitative estimate of drug-likeness (QED) is 0.435. The van der Waals surface area contributed by atoms with E-state index in [1.54, 1.807) is 12.1 Å². The number of halogens is 3. The molecule has 0 bridgehead atoms. The van der Waals surface area contributed by atoms with Crippen LogP contribution in [-0.4, -0.2) is 18.4 Å². The molecule has 0 fully saturated rings. The van der Waals surface area contributed by atoms with Crippen LogP contribution in [0.5, 0.6) is 0 Å². The summed E-state index contributed by atoms with van der Waals surface area (Å²) in [6.45, 7) is 1.83. The molecule has 158 valence electrons. The summed E-state index contributed by atoms with van der Waals surface area (Å²) in [4.78, 5) is 10.0. The van der Waals surface area contributed by atoms with Crippen LogP contribution in [0.1, 0.15) is 11.1 Å². The Morgan fingerprint density at radius 1 is 0.933 bits per heavy atom. The molecule has 1 heterocycles. The van der Waals surface area contributed by atoms with Crippen LogP contribution in [0.2, 0.25) is 0 Å². The minimum absolute atomic E-state index is 0.0323. The second-order valence-electron chi connectivity index (χ2n) is 6.23. The van der Waals surface area contributed by atoms with Crippen molar-refractivity contribution in [3.63, 3.8) is 0 Å². The third-order valence-electron chi connectivity index (χ3n) is 3.99. The average Bonchev–Trinajstić information content (AvgIpc) is 2.69. The fraction of sp³-hybridized carbons (Fsp3) is 0.111. The molecule has 0 spiro atoms. The number of hydrazine groups is 1. The summed E-state index contributed by atoms with van der Waals surface area (Å²) in [5.74, 6) is 0.0527. The summed E-state index contributed by atoms with van der Waals surface area (Å²) < 4.78 is 62.7. The van der Waals surface area contributed by atoms with Crippen LogP contribution >= 0.6 is 0 Å². The molecule has 0 aliphatic rings. The largest absolute Gasteiger partial charge is 0.416 e. The number of alkyl halides is 3. The molecule has 0 saturated heterocycles. The molecule has 0 amide bonds. The molecule has 2 aromatic carbocycles. The Balaban J connectivity index is 1.74. The van der Waals surface area contributed by atoms with E-state index in [1.807, 2.05) is 6.92 Å². The van der Waals surface area contributed by atoms with E-state index < -0.39 is 21.8 Å². The summed E-state index contributed by atoms with van der Waals surface area (Å²) >= 11 is 0. The first-order chi connectivity index (χ1) is 14.1. The molecule has 1 aromatic heterocycles. The third-order valence-corrected chi connectivity index (χ3v) is 5.26. The fourth-order valence-corrected chi connectivity index (χ4v) is 3.21. The molecule has 0 saturated carbocycles. The van der Waals surface area contributed by atoms with Crippen LogP contribution in [0.4, 0.5) is 36.2 Å². The highest BCUT2D eigenvalue weighted by Crippen LogP contribution is 2.31. The Labute approximate surface area is 170 Å². The zero-order valence-electron chi connectivity index (χ0n) is 15.5. The van der Waals surface area contributed by atoms with Crippen molar-refractivity contribution in [3.05, 3.63) is 66.0 Å². The third kappa shape index (κ3) is 4.96. The maximum atomic E-state index is 12.7. The Morgan fingerprint density at radius 3 is 2.13 bits per heavy atom. The number of sulfonamides is 1. The van der Waals surface area contributed by atoms with Gasteiger partial charge in [-0.15, -0.1) is 4.83 Å². The lowest BCUT2D eigenvalue weighted by Crippen LogP contribution is -2.30. The Hall–Kier alpha value is -3.38. The van der Waals surface area contributed by atoms with E-state index in [0.29, 0.717) is 5.69 Å². The monoisotopic (exact) mass is 438 g/mol. The van der Waals surface area contributed by atoms with Crippen LogP contribution < -0.4 is 21.3 Å². The van der Waals surface area contributed by atoms with Crippen molar-refractivity contribution in [2.24, 2.45) is 0 Å². The number of aryl methyl sites for hydroxylation is 1. The van der Waals surface area contributed by atoms with Gasteiger partial charge in [-0.3, -0.25) is 5.43 Å². The lowest BCUT2D eigenvalue weighted by Gasteiger charge is -2.14.